The first-order valence-electron chi connectivity index (χ1n) is 8.99. The third kappa shape index (κ3) is 3.23. The van der Waals surface area contributed by atoms with Gasteiger partial charge in [0.25, 0.3) is 5.56 Å². The average Bonchev–Trinajstić information content (AvgIpc) is 3.33. The number of benzene rings is 1. The van der Waals surface area contributed by atoms with Crippen molar-refractivity contribution < 1.29 is 4.52 Å². The van der Waals surface area contributed by atoms with E-state index in [-0.39, 0.29) is 22.5 Å². The highest BCUT2D eigenvalue weighted by Crippen LogP contribution is 2.37. The predicted molar refractivity (Wildman–Crippen MR) is 103 cm³/mol. The van der Waals surface area contributed by atoms with Crippen molar-refractivity contribution in [3.63, 3.8) is 0 Å². The Morgan fingerprint density at radius 3 is 2.74 bits per heavy atom. The van der Waals surface area contributed by atoms with Crippen LogP contribution in [-0.4, -0.2) is 26.5 Å². The highest BCUT2D eigenvalue weighted by atomic mass is 35.5. The van der Waals surface area contributed by atoms with Gasteiger partial charge in [-0.1, -0.05) is 48.8 Å². The molecular formula is C19H20ClN5O2. The van der Waals surface area contributed by atoms with Crippen LogP contribution in [0.25, 0.3) is 5.69 Å². The molecule has 0 saturated carbocycles. The van der Waals surface area contributed by atoms with Gasteiger partial charge in [-0.05, 0) is 25.0 Å². The van der Waals surface area contributed by atoms with E-state index in [1.807, 2.05) is 49.1 Å². The Kier molecular flexibility index (Phi) is 4.70. The number of aromatic nitrogens is 4. The van der Waals surface area contributed by atoms with Gasteiger partial charge in [0, 0.05) is 12.5 Å². The second-order valence-corrected chi connectivity index (χ2v) is 7.27. The zero-order chi connectivity index (χ0) is 19.0. The van der Waals surface area contributed by atoms with Gasteiger partial charge in [0.05, 0.1) is 23.6 Å². The normalized spacial score (nSPS) is 17.0. The van der Waals surface area contributed by atoms with E-state index in [0.29, 0.717) is 23.1 Å². The number of hydrogen-bond donors (Lipinski definition) is 0. The lowest BCUT2D eigenvalue weighted by atomic mass is 10.2. The van der Waals surface area contributed by atoms with Crippen LogP contribution in [0.15, 0.2) is 45.8 Å². The third-order valence-corrected chi connectivity index (χ3v) is 5.07. The molecule has 1 atom stereocenters. The Morgan fingerprint density at radius 1 is 1.26 bits per heavy atom. The van der Waals surface area contributed by atoms with Crippen molar-refractivity contribution in [3.05, 3.63) is 63.6 Å². The largest absolute Gasteiger partial charge is 0.358 e. The minimum absolute atomic E-state index is 0.0764. The Bertz CT molecular complexity index is 999. The molecule has 1 aliphatic heterocycles. The van der Waals surface area contributed by atoms with Gasteiger partial charge in [-0.15, -0.1) is 0 Å². The van der Waals surface area contributed by atoms with E-state index < -0.39 is 0 Å². The van der Waals surface area contributed by atoms with Gasteiger partial charge in [0.15, 0.2) is 5.82 Å². The maximum atomic E-state index is 12.8. The molecule has 1 unspecified atom stereocenters. The van der Waals surface area contributed by atoms with E-state index in [1.54, 1.807) is 6.20 Å². The lowest BCUT2D eigenvalue weighted by Gasteiger charge is -2.25. The lowest BCUT2D eigenvalue weighted by Crippen LogP contribution is -2.29. The minimum atomic E-state index is -0.345. The van der Waals surface area contributed by atoms with Crippen LogP contribution in [0, 0.1) is 0 Å². The van der Waals surface area contributed by atoms with Crippen molar-refractivity contribution in [2.24, 2.45) is 0 Å². The number of halogens is 1. The zero-order valence-electron chi connectivity index (χ0n) is 15.2. The molecule has 1 aromatic carbocycles. The van der Waals surface area contributed by atoms with E-state index in [4.69, 9.17) is 16.1 Å². The topological polar surface area (TPSA) is 77.1 Å². The molecule has 140 valence electrons. The molecule has 1 saturated heterocycles. The summed E-state index contributed by atoms with van der Waals surface area (Å²) in [6.45, 7) is 4.77. The highest BCUT2D eigenvalue weighted by molar-refractivity contribution is 6.33. The number of hydrogen-bond acceptors (Lipinski definition) is 6. The molecule has 2 aromatic heterocycles. The summed E-state index contributed by atoms with van der Waals surface area (Å²) < 4.78 is 6.66. The number of rotatable bonds is 4. The first kappa shape index (κ1) is 17.7. The fourth-order valence-corrected chi connectivity index (χ4v) is 3.56. The fraction of sp³-hybridized carbons (Fsp3) is 0.368. The maximum Gasteiger partial charge on any atom is 0.292 e. The van der Waals surface area contributed by atoms with E-state index >= 15 is 0 Å². The van der Waals surface area contributed by atoms with E-state index in [9.17, 15) is 4.79 Å². The molecule has 7 nitrogen and oxygen atoms in total. The van der Waals surface area contributed by atoms with E-state index in [2.05, 4.69) is 15.2 Å². The minimum Gasteiger partial charge on any atom is -0.358 e. The van der Waals surface area contributed by atoms with E-state index in [0.717, 1.165) is 19.4 Å². The van der Waals surface area contributed by atoms with Crippen molar-refractivity contribution in [1.29, 1.82) is 0 Å². The SMILES string of the molecule is CC(C)c1nc(C2CCCN2c2cnn(-c3ccccc3)c(=O)c2Cl)no1. The first-order valence-corrected chi connectivity index (χ1v) is 9.37. The van der Waals surface area contributed by atoms with Crippen molar-refractivity contribution in [2.75, 3.05) is 11.4 Å². The van der Waals surface area contributed by atoms with Gasteiger partial charge < -0.3 is 9.42 Å². The molecule has 0 aliphatic carbocycles. The Hall–Kier alpha value is -2.67. The third-order valence-electron chi connectivity index (χ3n) is 4.71. The number of anilines is 1. The molecule has 0 amide bonds. The van der Waals surface area contributed by atoms with Crippen LogP contribution in [0.3, 0.4) is 0 Å². The standard InChI is InChI=1S/C19H20ClN5O2/c1-12(2)18-22-17(23-27-18)14-9-6-10-24(14)15-11-21-25(19(26)16(15)20)13-7-4-3-5-8-13/h3-5,7-8,11-12,14H,6,9-10H2,1-2H3. The molecule has 0 N–H and O–H groups in total. The molecule has 4 rings (SSSR count). The van der Waals surface area contributed by atoms with Gasteiger partial charge in [0.1, 0.15) is 5.02 Å². The molecule has 1 fully saturated rings. The summed E-state index contributed by atoms with van der Waals surface area (Å²) in [5.41, 5.74) is 0.933. The Balaban J connectivity index is 1.70. The van der Waals surface area contributed by atoms with Gasteiger partial charge >= 0.3 is 0 Å². The summed E-state index contributed by atoms with van der Waals surface area (Å²) in [5, 5.41) is 8.61. The summed E-state index contributed by atoms with van der Waals surface area (Å²) in [4.78, 5) is 19.3. The molecule has 0 radical (unpaired) electrons. The van der Waals surface area contributed by atoms with Crippen LogP contribution in [0.2, 0.25) is 5.02 Å². The molecule has 3 heterocycles. The highest BCUT2D eigenvalue weighted by Gasteiger charge is 2.32. The molecule has 0 bridgehead atoms. The fourth-order valence-electron chi connectivity index (χ4n) is 3.32. The summed E-state index contributed by atoms with van der Waals surface area (Å²) >= 11 is 6.46. The van der Waals surface area contributed by atoms with Crippen LogP contribution in [0.4, 0.5) is 5.69 Å². The summed E-state index contributed by atoms with van der Waals surface area (Å²) in [7, 11) is 0. The van der Waals surface area contributed by atoms with Crippen LogP contribution in [0.1, 0.15) is 50.4 Å². The van der Waals surface area contributed by atoms with Gasteiger partial charge in [-0.25, -0.2) is 0 Å². The van der Waals surface area contributed by atoms with Crippen molar-refractivity contribution in [2.45, 2.75) is 38.6 Å². The quantitative estimate of drug-likeness (QED) is 0.681. The molecule has 0 spiro atoms. The average molecular weight is 386 g/mol. The molecule has 8 heteroatoms. The molecule has 3 aromatic rings. The van der Waals surface area contributed by atoms with Crippen molar-refractivity contribution in [1.82, 2.24) is 19.9 Å². The second kappa shape index (κ2) is 7.15. The predicted octanol–water partition coefficient (Wildman–Crippen LogP) is 3.73. The monoisotopic (exact) mass is 385 g/mol. The first-order chi connectivity index (χ1) is 13.1. The number of nitrogens with zero attached hydrogens (tertiary/aromatic N) is 5. The van der Waals surface area contributed by atoms with Crippen LogP contribution in [-0.2, 0) is 0 Å². The maximum absolute atomic E-state index is 12.8. The van der Waals surface area contributed by atoms with Crippen molar-refractivity contribution >= 4 is 17.3 Å². The van der Waals surface area contributed by atoms with E-state index in [1.165, 1.54) is 4.68 Å². The zero-order valence-corrected chi connectivity index (χ0v) is 15.9. The summed E-state index contributed by atoms with van der Waals surface area (Å²) in [5.74, 6) is 1.40. The summed E-state index contributed by atoms with van der Waals surface area (Å²) in [6, 6.07) is 9.14. The molecule has 1 aliphatic rings. The second-order valence-electron chi connectivity index (χ2n) is 6.89. The van der Waals surface area contributed by atoms with Gasteiger partial charge in [-0.3, -0.25) is 4.79 Å². The van der Waals surface area contributed by atoms with Crippen LogP contribution < -0.4 is 10.5 Å². The van der Waals surface area contributed by atoms with Gasteiger partial charge in [-0.2, -0.15) is 14.8 Å². The van der Waals surface area contributed by atoms with Crippen LogP contribution >= 0.6 is 11.6 Å². The Morgan fingerprint density at radius 2 is 2.04 bits per heavy atom. The summed E-state index contributed by atoms with van der Waals surface area (Å²) in [6.07, 6.45) is 3.46. The van der Waals surface area contributed by atoms with Crippen LogP contribution in [0.5, 0.6) is 0 Å². The lowest BCUT2D eigenvalue weighted by molar-refractivity contribution is 0.358. The molecular weight excluding hydrogens is 366 g/mol. The number of para-hydroxylation sites is 1. The van der Waals surface area contributed by atoms with Gasteiger partial charge in [0.2, 0.25) is 5.89 Å². The van der Waals surface area contributed by atoms with Crippen molar-refractivity contribution in [3.8, 4) is 5.69 Å². The molecule has 27 heavy (non-hydrogen) atoms. The Labute approximate surface area is 161 Å². The smallest absolute Gasteiger partial charge is 0.292 e.